The Balaban J connectivity index is 3.48. The fraction of sp³-hybridized carbons (Fsp3) is 0.364. The molecule has 100 valence electrons. The first-order valence-corrected chi connectivity index (χ1v) is 6.81. The molecule has 1 aromatic rings. The second-order valence-electron chi connectivity index (χ2n) is 3.94. The van der Waals surface area contributed by atoms with Gasteiger partial charge in [-0.05, 0) is 31.5 Å². The zero-order valence-corrected chi connectivity index (χ0v) is 11.2. The van der Waals surface area contributed by atoms with Crippen LogP contribution in [0.25, 0.3) is 0 Å². The van der Waals surface area contributed by atoms with Crippen molar-refractivity contribution in [3.63, 3.8) is 0 Å². The van der Waals surface area contributed by atoms with Crippen LogP contribution in [0.4, 0.5) is 4.39 Å². The van der Waals surface area contributed by atoms with Gasteiger partial charge in [0.25, 0.3) is 5.91 Å². The van der Waals surface area contributed by atoms with Crippen LogP contribution in [0.5, 0.6) is 0 Å². The van der Waals surface area contributed by atoms with E-state index >= 15 is 0 Å². The number of carbonyl (C=O) groups excluding carboxylic acids is 1. The van der Waals surface area contributed by atoms with E-state index in [4.69, 9.17) is 5.14 Å². The van der Waals surface area contributed by atoms with Crippen molar-refractivity contribution in [3.05, 3.63) is 29.1 Å². The van der Waals surface area contributed by atoms with Gasteiger partial charge in [0.1, 0.15) is 5.82 Å². The summed E-state index contributed by atoms with van der Waals surface area (Å²) in [6, 6.07) is 1.83. The minimum atomic E-state index is -4.06. The van der Waals surface area contributed by atoms with Crippen molar-refractivity contribution in [3.8, 4) is 0 Å². The molecule has 1 aromatic carbocycles. The van der Waals surface area contributed by atoms with E-state index in [0.29, 0.717) is 6.54 Å². The number of benzene rings is 1. The Hall–Kier alpha value is -1.47. The lowest BCUT2D eigenvalue weighted by Crippen LogP contribution is -2.28. The molecular formula is C11H15FN2O3S. The quantitative estimate of drug-likeness (QED) is 0.888. The second kappa shape index (κ2) is 5.03. The SMILES string of the molecule is CCN(C)C(=O)c1cc(F)cc(S(N)(=O)=O)c1C. The monoisotopic (exact) mass is 274 g/mol. The summed E-state index contributed by atoms with van der Waals surface area (Å²) >= 11 is 0. The summed E-state index contributed by atoms with van der Waals surface area (Å²) < 4.78 is 36.0. The van der Waals surface area contributed by atoms with Gasteiger partial charge in [0.15, 0.2) is 0 Å². The Morgan fingerprint density at radius 3 is 2.44 bits per heavy atom. The molecule has 18 heavy (non-hydrogen) atoms. The molecule has 0 aliphatic rings. The first-order valence-electron chi connectivity index (χ1n) is 5.27. The molecule has 0 atom stereocenters. The number of rotatable bonds is 3. The average Bonchev–Trinajstić information content (AvgIpc) is 2.28. The molecule has 0 aliphatic heterocycles. The Morgan fingerprint density at radius 1 is 1.44 bits per heavy atom. The zero-order valence-electron chi connectivity index (χ0n) is 10.4. The Bertz CT molecular complexity index is 584. The summed E-state index contributed by atoms with van der Waals surface area (Å²) in [5.41, 5.74) is 0.160. The van der Waals surface area contributed by atoms with E-state index < -0.39 is 21.7 Å². The van der Waals surface area contributed by atoms with Crippen LogP contribution in [0.2, 0.25) is 0 Å². The molecular weight excluding hydrogens is 259 g/mol. The number of sulfonamides is 1. The van der Waals surface area contributed by atoms with Crippen molar-refractivity contribution in [1.82, 2.24) is 4.90 Å². The van der Waals surface area contributed by atoms with E-state index in [1.807, 2.05) is 0 Å². The Kier molecular flexibility index (Phi) is 4.08. The van der Waals surface area contributed by atoms with Crippen molar-refractivity contribution in [2.45, 2.75) is 18.7 Å². The fourth-order valence-electron chi connectivity index (χ4n) is 1.52. The molecule has 1 rings (SSSR count). The van der Waals surface area contributed by atoms with Crippen molar-refractivity contribution in [2.75, 3.05) is 13.6 Å². The third-order valence-electron chi connectivity index (χ3n) is 2.68. The highest BCUT2D eigenvalue weighted by Crippen LogP contribution is 2.21. The fourth-order valence-corrected chi connectivity index (χ4v) is 2.33. The number of halogens is 1. The predicted molar refractivity (Wildman–Crippen MR) is 65.1 cm³/mol. The highest BCUT2D eigenvalue weighted by molar-refractivity contribution is 7.89. The first kappa shape index (κ1) is 14.6. The van der Waals surface area contributed by atoms with Gasteiger partial charge >= 0.3 is 0 Å². The van der Waals surface area contributed by atoms with Gasteiger partial charge in [0, 0.05) is 19.2 Å². The van der Waals surface area contributed by atoms with E-state index in [9.17, 15) is 17.6 Å². The number of hydrogen-bond acceptors (Lipinski definition) is 3. The van der Waals surface area contributed by atoms with Gasteiger partial charge in [0.05, 0.1) is 4.90 Å². The number of nitrogens with two attached hydrogens (primary N) is 1. The van der Waals surface area contributed by atoms with Gasteiger partial charge in [-0.15, -0.1) is 0 Å². The molecule has 0 spiro atoms. The van der Waals surface area contributed by atoms with E-state index in [0.717, 1.165) is 12.1 Å². The lowest BCUT2D eigenvalue weighted by Gasteiger charge is -2.17. The summed E-state index contributed by atoms with van der Waals surface area (Å²) in [7, 11) is -2.51. The number of hydrogen-bond donors (Lipinski definition) is 1. The zero-order chi connectivity index (χ0) is 14.1. The van der Waals surface area contributed by atoms with Crippen LogP contribution in [0.1, 0.15) is 22.8 Å². The number of carbonyl (C=O) groups is 1. The molecule has 0 saturated heterocycles. The molecule has 7 heteroatoms. The maximum absolute atomic E-state index is 13.4. The van der Waals surface area contributed by atoms with Gasteiger partial charge in [0.2, 0.25) is 10.0 Å². The number of primary sulfonamides is 1. The number of nitrogens with zero attached hydrogens (tertiary/aromatic N) is 1. The van der Waals surface area contributed by atoms with E-state index in [2.05, 4.69) is 0 Å². The maximum Gasteiger partial charge on any atom is 0.254 e. The lowest BCUT2D eigenvalue weighted by molar-refractivity contribution is 0.0801. The minimum absolute atomic E-state index is 0.00313. The van der Waals surface area contributed by atoms with Crippen molar-refractivity contribution in [1.29, 1.82) is 0 Å². The molecule has 0 unspecified atom stereocenters. The summed E-state index contributed by atoms with van der Waals surface area (Å²) in [5, 5.41) is 4.98. The largest absolute Gasteiger partial charge is 0.342 e. The molecule has 5 nitrogen and oxygen atoms in total. The lowest BCUT2D eigenvalue weighted by atomic mass is 10.1. The van der Waals surface area contributed by atoms with Gasteiger partial charge in [-0.1, -0.05) is 0 Å². The smallest absolute Gasteiger partial charge is 0.254 e. The minimum Gasteiger partial charge on any atom is -0.342 e. The van der Waals surface area contributed by atoms with Gasteiger partial charge in [-0.3, -0.25) is 4.79 Å². The van der Waals surface area contributed by atoms with Crippen LogP contribution >= 0.6 is 0 Å². The van der Waals surface area contributed by atoms with Crippen LogP contribution < -0.4 is 5.14 Å². The van der Waals surface area contributed by atoms with Crippen LogP contribution in [-0.4, -0.2) is 32.8 Å². The summed E-state index contributed by atoms with van der Waals surface area (Å²) in [6.45, 7) is 3.61. The van der Waals surface area contributed by atoms with Gasteiger partial charge in [-0.2, -0.15) is 0 Å². The average molecular weight is 274 g/mol. The molecule has 0 fully saturated rings. The van der Waals surface area contributed by atoms with E-state index in [1.165, 1.54) is 11.8 Å². The highest BCUT2D eigenvalue weighted by atomic mass is 32.2. The molecule has 0 aliphatic carbocycles. The summed E-state index contributed by atoms with van der Waals surface area (Å²) in [6.07, 6.45) is 0. The van der Waals surface area contributed by atoms with Gasteiger partial charge in [-0.25, -0.2) is 17.9 Å². The van der Waals surface area contributed by atoms with Crippen molar-refractivity contribution in [2.24, 2.45) is 5.14 Å². The molecule has 0 aromatic heterocycles. The predicted octanol–water partition coefficient (Wildman–Crippen LogP) is 0.873. The topological polar surface area (TPSA) is 80.5 Å². The standard InChI is InChI=1S/C11H15FN2O3S/c1-4-14(3)11(15)9-5-8(12)6-10(7(9)2)18(13,16)17/h5-6H,4H2,1-3H3,(H2,13,16,17). The maximum atomic E-state index is 13.4. The third kappa shape index (κ3) is 2.85. The molecule has 2 N–H and O–H groups in total. The highest BCUT2D eigenvalue weighted by Gasteiger charge is 2.21. The van der Waals surface area contributed by atoms with Crippen molar-refractivity contribution >= 4 is 15.9 Å². The third-order valence-corrected chi connectivity index (χ3v) is 3.72. The van der Waals surface area contributed by atoms with Crippen LogP contribution in [0.3, 0.4) is 0 Å². The molecule has 0 saturated carbocycles. The molecule has 1 amide bonds. The van der Waals surface area contributed by atoms with Crippen LogP contribution in [0, 0.1) is 12.7 Å². The second-order valence-corrected chi connectivity index (χ2v) is 5.47. The normalized spacial score (nSPS) is 11.4. The summed E-state index contributed by atoms with van der Waals surface area (Å²) in [5.74, 6) is -1.25. The van der Waals surface area contributed by atoms with E-state index in [-0.39, 0.29) is 16.0 Å². The molecule has 0 heterocycles. The first-order chi connectivity index (χ1) is 8.18. The summed E-state index contributed by atoms with van der Waals surface area (Å²) in [4.78, 5) is 12.9. The molecule has 0 radical (unpaired) electrons. The van der Waals surface area contributed by atoms with E-state index in [1.54, 1.807) is 14.0 Å². The Morgan fingerprint density at radius 2 is 2.00 bits per heavy atom. The van der Waals surface area contributed by atoms with Crippen LogP contribution in [-0.2, 0) is 10.0 Å². The Labute approximate surface area is 105 Å². The van der Waals surface area contributed by atoms with Crippen LogP contribution in [0.15, 0.2) is 17.0 Å². The van der Waals surface area contributed by atoms with Crippen molar-refractivity contribution < 1.29 is 17.6 Å². The molecule has 0 bridgehead atoms. The number of amides is 1. The van der Waals surface area contributed by atoms with Gasteiger partial charge < -0.3 is 4.90 Å².